The first-order valence-corrected chi connectivity index (χ1v) is 3.16. The fraction of sp³-hybridized carbons (Fsp3) is 0.333. The predicted molar refractivity (Wildman–Crippen MR) is 41.9 cm³/mol. The standard InChI is InChI=1S/C6H12BNO2/c1-2-3-6(4-5-8)7(9)10/h3-5,9-10H,2,8H2,1H3/b5-4-,6-3+. The Balaban J connectivity index is 4.11. The lowest BCUT2D eigenvalue weighted by Gasteiger charge is -1.96. The highest BCUT2D eigenvalue weighted by molar-refractivity contribution is 6.51. The number of rotatable bonds is 3. The third kappa shape index (κ3) is 3.32. The second-order valence-electron chi connectivity index (χ2n) is 1.85. The van der Waals surface area contributed by atoms with Crippen LogP contribution in [-0.4, -0.2) is 17.2 Å². The highest BCUT2D eigenvalue weighted by Gasteiger charge is 2.09. The molecule has 0 saturated heterocycles. The minimum absolute atomic E-state index is 0.435. The highest BCUT2D eigenvalue weighted by atomic mass is 16.4. The molecule has 0 spiro atoms. The van der Waals surface area contributed by atoms with Crippen molar-refractivity contribution in [3.63, 3.8) is 0 Å². The van der Waals surface area contributed by atoms with Crippen molar-refractivity contribution in [1.82, 2.24) is 0 Å². The van der Waals surface area contributed by atoms with Crippen molar-refractivity contribution in [2.75, 3.05) is 0 Å². The molecule has 0 radical (unpaired) electrons. The normalized spacial score (nSPS) is 12.5. The first-order chi connectivity index (χ1) is 4.72. The van der Waals surface area contributed by atoms with Crippen LogP contribution in [0.15, 0.2) is 23.8 Å². The van der Waals surface area contributed by atoms with Gasteiger partial charge in [-0.3, -0.25) is 0 Å². The summed E-state index contributed by atoms with van der Waals surface area (Å²) >= 11 is 0. The number of nitrogens with two attached hydrogens (primary N) is 1. The van der Waals surface area contributed by atoms with E-state index in [2.05, 4.69) is 0 Å². The molecule has 0 saturated carbocycles. The Kier molecular flexibility index (Phi) is 4.71. The van der Waals surface area contributed by atoms with Crippen LogP contribution >= 0.6 is 0 Å². The molecular formula is C6H12BNO2. The van der Waals surface area contributed by atoms with E-state index in [0.29, 0.717) is 5.47 Å². The van der Waals surface area contributed by atoms with Crippen LogP contribution in [-0.2, 0) is 0 Å². The lowest BCUT2D eigenvalue weighted by molar-refractivity contribution is 0.420. The van der Waals surface area contributed by atoms with Crippen LogP contribution in [0.4, 0.5) is 0 Å². The maximum Gasteiger partial charge on any atom is 0.488 e. The van der Waals surface area contributed by atoms with Gasteiger partial charge in [0.05, 0.1) is 0 Å². The van der Waals surface area contributed by atoms with Crippen molar-refractivity contribution >= 4 is 7.12 Å². The molecule has 0 rings (SSSR count). The molecular weight excluding hydrogens is 129 g/mol. The van der Waals surface area contributed by atoms with E-state index >= 15 is 0 Å². The fourth-order valence-corrected chi connectivity index (χ4v) is 0.606. The van der Waals surface area contributed by atoms with E-state index in [-0.39, 0.29) is 0 Å². The molecule has 0 aromatic heterocycles. The van der Waals surface area contributed by atoms with Gasteiger partial charge in [-0.15, -0.1) is 0 Å². The second-order valence-corrected chi connectivity index (χ2v) is 1.85. The smallest absolute Gasteiger partial charge is 0.423 e. The van der Waals surface area contributed by atoms with E-state index in [4.69, 9.17) is 15.8 Å². The molecule has 0 aliphatic heterocycles. The van der Waals surface area contributed by atoms with Gasteiger partial charge in [0, 0.05) is 0 Å². The minimum atomic E-state index is -1.42. The number of allylic oxidation sites excluding steroid dienone is 3. The van der Waals surface area contributed by atoms with E-state index in [1.807, 2.05) is 6.92 Å². The summed E-state index contributed by atoms with van der Waals surface area (Å²) in [6.07, 6.45) is 5.21. The third-order valence-corrected chi connectivity index (χ3v) is 1.03. The molecule has 0 unspecified atom stereocenters. The van der Waals surface area contributed by atoms with Crippen molar-refractivity contribution < 1.29 is 10.0 Å². The summed E-state index contributed by atoms with van der Waals surface area (Å²) in [6.45, 7) is 1.91. The molecule has 0 bridgehead atoms. The van der Waals surface area contributed by atoms with Gasteiger partial charge in [-0.1, -0.05) is 13.0 Å². The molecule has 0 amide bonds. The first-order valence-electron chi connectivity index (χ1n) is 3.16. The summed E-state index contributed by atoms with van der Waals surface area (Å²) in [5.41, 5.74) is 5.49. The zero-order valence-corrected chi connectivity index (χ0v) is 5.99. The van der Waals surface area contributed by atoms with Gasteiger partial charge < -0.3 is 15.8 Å². The Labute approximate surface area is 61.0 Å². The topological polar surface area (TPSA) is 66.5 Å². The number of hydrogen-bond acceptors (Lipinski definition) is 3. The zero-order chi connectivity index (χ0) is 7.98. The van der Waals surface area contributed by atoms with Gasteiger partial charge in [0.1, 0.15) is 0 Å². The molecule has 56 valence electrons. The average Bonchev–Trinajstić information content (AvgIpc) is 1.87. The minimum Gasteiger partial charge on any atom is -0.423 e. The Hall–Kier alpha value is -0.735. The molecule has 4 heteroatoms. The lowest BCUT2D eigenvalue weighted by atomic mass is 9.79. The van der Waals surface area contributed by atoms with Crippen LogP contribution in [0.25, 0.3) is 0 Å². The largest absolute Gasteiger partial charge is 0.488 e. The summed E-state index contributed by atoms with van der Waals surface area (Å²) in [7, 11) is -1.42. The first kappa shape index (κ1) is 9.26. The van der Waals surface area contributed by atoms with Crippen LogP contribution in [0.1, 0.15) is 13.3 Å². The van der Waals surface area contributed by atoms with Crippen molar-refractivity contribution in [2.24, 2.45) is 5.73 Å². The van der Waals surface area contributed by atoms with Crippen molar-refractivity contribution in [2.45, 2.75) is 13.3 Å². The van der Waals surface area contributed by atoms with Gasteiger partial charge in [0.15, 0.2) is 0 Å². The average molecular weight is 141 g/mol. The maximum atomic E-state index is 8.65. The molecule has 0 aliphatic carbocycles. The van der Waals surface area contributed by atoms with Gasteiger partial charge in [0.25, 0.3) is 0 Å². The SMILES string of the molecule is CC/C=C(\C=C/N)B(O)O. The van der Waals surface area contributed by atoms with E-state index < -0.39 is 7.12 Å². The lowest BCUT2D eigenvalue weighted by Crippen LogP contribution is -2.13. The fourth-order valence-electron chi connectivity index (χ4n) is 0.606. The number of hydrogen-bond donors (Lipinski definition) is 3. The Morgan fingerprint density at radius 2 is 2.20 bits per heavy atom. The Bertz CT molecular complexity index is 143. The molecule has 10 heavy (non-hydrogen) atoms. The van der Waals surface area contributed by atoms with Crippen LogP contribution < -0.4 is 5.73 Å². The Morgan fingerprint density at radius 3 is 2.50 bits per heavy atom. The van der Waals surface area contributed by atoms with Gasteiger partial charge in [0.2, 0.25) is 0 Å². The molecule has 0 atom stereocenters. The zero-order valence-electron chi connectivity index (χ0n) is 5.99. The molecule has 4 N–H and O–H groups in total. The summed E-state index contributed by atoms with van der Waals surface area (Å²) < 4.78 is 0. The van der Waals surface area contributed by atoms with E-state index in [9.17, 15) is 0 Å². The van der Waals surface area contributed by atoms with Crippen LogP contribution in [0.3, 0.4) is 0 Å². The van der Waals surface area contributed by atoms with Crippen molar-refractivity contribution in [3.8, 4) is 0 Å². The van der Waals surface area contributed by atoms with Gasteiger partial charge in [-0.25, -0.2) is 0 Å². The monoisotopic (exact) mass is 141 g/mol. The van der Waals surface area contributed by atoms with Crippen molar-refractivity contribution in [1.29, 1.82) is 0 Å². The Morgan fingerprint density at radius 1 is 1.60 bits per heavy atom. The third-order valence-electron chi connectivity index (χ3n) is 1.03. The summed E-state index contributed by atoms with van der Waals surface area (Å²) in [4.78, 5) is 0. The van der Waals surface area contributed by atoms with Gasteiger partial charge in [-0.05, 0) is 24.2 Å². The molecule has 0 aromatic carbocycles. The highest BCUT2D eigenvalue weighted by Crippen LogP contribution is 1.98. The summed E-state index contributed by atoms with van der Waals surface area (Å²) in [5, 5.41) is 17.3. The molecule has 0 aromatic rings. The molecule has 0 aliphatic rings. The second kappa shape index (κ2) is 5.08. The van der Waals surface area contributed by atoms with E-state index in [1.54, 1.807) is 6.08 Å². The van der Waals surface area contributed by atoms with Crippen LogP contribution in [0, 0.1) is 0 Å². The van der Waals surface area contributed by atoms with Crippen molar-refractivity contribution in [3.05, 3.63) is 23.8 Å². The quantitative estimate of drug-likeness (QED) is 0.376. The summed E-state index contributed by atoms with van der Waals surface area (Å²) in [5.74, 6) is 0. The predicted octanol–water partition coefficient (Wildman–Crippen LogP) is -0.193. The van der Waals surface area contributed by atoms with E-state index in [0.717, 1.165) is 6.42 Å². The van der Waals surface area contributed by atoms with Gasteiger partial charge >= 0.3 is 7.12 Å². The molecule has 0 fully saturated rings. The molecule has 0 heterocycles. The van der Waals surface area contributed by atoms with E-state index in [1.165, 1.54) is 12.3 Å². The van der Waals surface area contributed by atoms with Crippen LogP contribution in [0.5, 0.6) is 0 Å². The maximum absolute atomic E-state index is 8.65. The molecule has 3 nitrogen and oxygen atoms in total. The van der Waals surface area contributed by atoms with Gasteiger partial charge in [-0.2, -0.15) is 0 Å². The summed E-state index contributed by atoms with van der Waals surface area (Å²) in [6, 6.07) is 0. The van der Waals surface area contributed by atoms with Crippen LogP contribution in [0.2, 0.25) is 0 Å².